The first-order valence-electron chi connectivity index (χ1n) is 11.5. The summed E-state index contributed by atoms with van der Waals surface area (Å²) >= 11 is 0. The normalized spacial score (nSPS) is 17.2. The Morgan fingerprint density at radius 1 is 0.788 bits per heavy atom. The van der Waals surface area contributed by atoms with Gasteiger partial charge in [-0.15, -0.1) is 0 Å². The number of nitrogens with one attached hydrogen (secondary N) is 1. The molecular weight excluding hydrogens is 414 g/mol. The van der Waals surface area contributed by atoms with Gasteiger partial charge in [-0.1, -0.05) is 60.7 Å². The maximum atomic E-state index is 12.9. The second-order valence-electron chi connectivity index (χ2n) is 8.53. The van der Waals surface area contributed by atoms with Crippen molar-refractivity contribution in [3.8, 4) is 11.5 Å². The third-order valence-corrected chi connectivity index (χ3v) is 6.51. The number of hydrogen-bond donors (Lipinski definition) is 1. The highest BCUT2D eigenvalue weighted by Gasteiger charge is 2.30. The summed E-state index contributed by atoms with van der Waals surface area (Å²) in [7, 11) is 0. The van der Waals surface area contributed by atoms with E-state index in [-0.39, 0.29) is 24.8 Å². The molecule has 3 aromatic carbocycles. The molecule has 1 fully saturated rings. The van der Waals surface area contributed by atoms with Crippen LogP contribution in [0.1, 0.15) is 24.1 Å². The first-order chi connectivity index (χ1) is 16.2. The van der Waals surface area contributed by atoms with Gasteiger partial charge in [0.2, 0.25) is 12.7 Å². The van der Waals surface area contributed by atoms with Gasteiger partial charge in [0.1, 0.15) is 0 Å². The number of carbonyl (C=O) groups excluding carboxylic acids is 1. The zero-order valence-electron chi connectivity index (χ0n) is 18.8. The van der Waals surface area contributed by atoms with Crippen molar-refractivity contribution in [1.82, 2.24) is 9.80 Å². The summed E-state index contributed by atoms with van der Waals surface area (Å²) in [5.74, 6) is 1.37. The second-order valence-corrected chi connectivity index (χ2v) is 8.53. The van der Waals surface area contributed by atoms with Crippen molar-refractivity contribution in [3.05, 3.63) is 90.0 Å². The molecule has 0 bridgehead atoms. The molecule has 0 unspecified atom stereocenters. The Labute approximate surface area is 194 Å². The van der Waals surface area contributed by atoms with E-state index < -0.39 is 0 Å². The number of anilines is 1. The molecule has 2 aliphatic heterocycles. The van der Waals surface area contributed by atoms with E-state index in [1.54, 1.807) is 0 Å². The van der Waals surface area contributed by atoms with Crippen molar-refractivity contribution < 1.29 is 14.3 Å². The van der Waals surface area contributed by atoms with E-state index in [4.69, 9.17) is 9.47 Å². The minimum Gasteiger partial charge on any atom is -0.454 e. The molecule has 1 N–H and O–H groups in total. The van der Waals surface area contributed by atoms with Gasteiger partial charge in [0.05, 0.1) is 12.1 Å². The fraction of sp³-hybridized carbons (Fsp3) is 0.296. The van der Waals surface area contributed by atoms with Crippen LogP contribution >= 0.6 is 0 Å². The van der Waals surface area contributed by atoms with Gasteiger partial charge in [0.15, 0.2) is 11.5 Å². The number of benzene rings is 3. The summed E-state index contributed by atoms with van der Waals surface area (Å²) in [6.45, 7) is 5.67. The maximum Gasteiger partial charge on any atom is 0.241 e. The molecule has 3 aromatic rings. The number of fused-ring (bicyclic) bond motifs is 1. The number of carbonyl (C=O) groups is 1. The highest BCUT2D eigenvalue weighted by atomic mass is 16.7. The van der Waals surface area contributed by atoms with Crippen LogP contribution in [0.2, 0.25) is 0 Å². The van der Waals surface area contributed by atoms with E-state index in [1.807, 2.05) is 25.1 Å². The molecule has 0 radical (unpaired) electrons. The summed E-state index contributed by atoms with van der Waals surface area (Å²) in [4.78, 5) is 17.7. The van der Waals surface area contributed by atoms with E-state index in [0.717, 1.165) is 31.9 Å². The van der Waals surface area contributed by atoms with Crippen LogP contribution in [0.3, 0.4) is 0 Å². The Morgan fingerprint density at radius 2 is 1.36 bits per heavy atom. The Kier molecular flexibility index (Phi) is 6.28. The molecule has 1 amide bonds. The molecule has 6 nitrogen and oxygen atoms in total. The van der Waals surface area contributed by atoms with Crippen LogP contribution in [-0.4, -0.2) is 54.7 Å². The van der Waals surface area contributed by atoms with Gasteiger partial charge in [0, 0.05) is 37.9 Å². The lowest BCUT2D eigenvalue weighted by atomic mass is 9.96. The lowest BCUT2D eigenvalue weighted by Crippen LogP contribution is -2.53. The number of hydrogen-bond acceptors (Lipinski definition) is 5. The third kappa shape index (κ3) is 4.72. The summed E-state index contributed by atoms with van der Waals surface area (Å²) in [5, 5.41) is 3.02. The SMILES string of the molecule is C[C@@H](C(=O)Nc1ccc2c(c1)OCO2)N1CCN(C(c2ccccc2)c2ccccc2)CC1. The number of amides is 1. The Balaban J connectivity index is 1.23. The minimum atomic E-state index is -0.218. The van der Waals surface area contributed by atoms with E-state index >= 15 is 0 Å². The van der Waals surface area contributed by atoms with Crippen LogP contribution in [0.25, 0.3) is 0 Å². The fourth-order valence-electron chi connectivity index (χ4n) is 4.65. The van der Waals surface area contributed by atoms with E-state index in [2.05, 4.69) is 75.8 Å². The monoisotopic (exact) mass is 443 g/mol. The van der Waals surface area contributed by atoms with Crippen LogP contribution in [0.15, 0.2) is 78.9 Å². The number of nitrogens with zero attached hydrogens (tertiary/aromatic N) is 2. The fourth-order valence-corrected chi connectivity index (χ4v) is 4.65. The average Bonchev–Trinajstić information content (AvgIpc) is 3.33. The molecule has 0 saturated carbocycles. The van der Waals surface area contributed by atoms with Crippen molar-refractivity contribution >= 4 is 11.6 Å². The van der Waals surface area contributed by atoms with Gasteiger partial charge in [-0.05, 0) is 30.2 Å². The van der Waals surface area contributed by atoms with Crippen LogP contribution < -0.4 is 14.8 Å². The molecule has 2 aliphatic rings. The third-order valence-electron chi connectivity index (χ3n) is 6.51. The van der Waals surface area contributed by atoms with Crippen LogP contribution in [0, 0.1) is 0 Å². The second kappa shape index (κ2) is 9.65. The maximum absolute atomic E-state index is 12.9. The Morgan fingerprint density at radius 3 is 2.00 bits per heavy atom. The molecule has 5 rings (SSSR count). The number of ether oxygens (including phenoxy) is 2. The number of piperazine rings is 1. The molecule has 1 atom stereocenters. The molecule has 2 heterocycles. The van der Waals surface area contributed by atoms with Gasteiger partial charge >= 0.3 is 0 Å². The van der Waals surface area contributed by atoms with Crippen LogP contribution in [0.4, 0.5) is 5.69 Å². The van der Waals surface area contributed by atoms with Gasteiger partial charge in [-0.25, -0.2) is 0 Å². The molecule has 0 spiro atoms. The quantitative estimate of drug-likeness (QED) is 0.620. The molecule has 1 saturated heterocycles. The highest BCUT2D eigenvalue weighted by Crippen LogP contribution is 2.34. The van der Waals surface area contributed by atoms with Crippen molar-refractivity contribution in [1.29, 1.82) is 0 Å². The van der Waals surface area contributed by atoms with E-state index in [0.29, 0.717) is 11.5 Å². The molecule has 6 heteroatoms. The Bertz CT molecular complexity index is 1040. The van der Waals surface area contributed by atoms with Crippen LogP contribution in [-0.2, 0) is 4.79 Å². The summed E-state index contributed by atoms with van der Waals surface area (Å²) in [6, 6.07) is 26.8. The van der Waals surface area contributed by atoms with E-state index in [1.165, 1.54) is 11.1 Å². The topological polar surface area (TPSA) is 54.0 Å². The van der Waals surface area contributed by atoms with Crippen LogP contribution in [0.5, 0.6) is 11.5 Å². The lowest BCUT2D eigenvalue weighted by Gasteiger charge is -2.41. The zero-order valence-corrected chi connectivity index (χ0v) is 18.8. The predicted octanol–water partition coefficient (Wildman–Crippen LogP) is 4.15. The van der Waals surface area contributed by atoms with E-state index in [9.17, 15) is 4.79 Å². The van der Waals surface area contributed by atoms with Crippen molar-refractivity contribution in [2.75, 3.05) is 38.3 Å². The van der Waals surface area contributed by atoms with Gasteiger partial charge < -0.3 is 14.8 Å². The minimum absolute atomic E-state index is 0.00927. The van der Waals surface area contributed by atoms with Crippen molar-refractivity contribution in [3.63, 3.8) is 0 Å². The van der Waals surface area contributed by atoms with Crippen molar-refractivity contribution in [2.24, 2.45) is 0 Å². The molecular formula is C27H29N3O3. The highest BCUT2D eigenvalue weighted by molar-refractivity contribution is 5.94. The predicted molar refractivity (Wildman–Crippen MR) is 129 cm³/mol. The molecule has 0 aromatic heterocycles. The molecule has 33 heavy (non-hydrogen) atoms. The van der Waals surface area contributed by atoms with Gasteiger partial charge in [0.25, 0.3) is 0 Å². The standard InChI is InChI=1S/C27H29N3O3/c1-20(27(31)28-23-12-13-24-25(18-23)33-19-32-24)29-14-16-30(17-15-29)26(21-8-4-2-5-9-21)22-10-6-3-7-11-22/h2-13,18,20,26H,14-17,19H2,1H3,(H,28,31)/t20-/m0/s1. The number of rotatable bonds is 6. The largest absolute Gasteiger partial charge is 0.454 e. The molecule has 0 aliphatic carbocycles. The zero-order chi connectivity index (χ0) is 22.6. The smallest absolute Gasteiger partial charge is 0.241 e. The summed E-state index contributed by atoms with van der Waals surface area (Å²) < 4.78 is 10.8. The first-order valence-corrected chi connectivity index (χ1v) is 11.5. The first kappa shape index (κ1) is 21.5. The Hall–Kier alpha value is -3.35. The van der Waals surface area contributed by atoms with Gasteiger partial charge in [-0.2, -0.15) is 0 Å². The lowest BCUT2D eigenvalue weighted by molar-refractivity contribution is -0.121. The van der Waals surface area contributed by atoms with Crippen molar-refractivity contribution in [2.45, 2.75) is 19.0 Å². The summed E-state index contributed by atoms with van der Waals surface area (Å²) in [6.07, 6.45) is 0. The van der Waals surface area contributed by atoms with Gasteiger partial charge in [-0.3, -0.25) is 14.6 Å². The summed E-state index contributed by atoms with van der Waals surface area (Å²) in [5.41, 5.74) is 3.32. The molecule has 170 valence electrons. The average molecular weight is 444 g/mol.